The highest BCUT2D eigenvalue weighted by Crippen LogP contribution is 2.36. The molecule has 0 bridgehead atoms. The van der Waals surface area contributed by atoms with Gasteiger partial charge in [-0.05, 0) is 32.1 Å². The fourth-order valence-electron chi connectivity index (χ4n) is 3.49. The van der Waals surface area contributed by atoms with Crippen LogP contribution in [0.15, 0.2) is 4.52 Å². The van der Waals surface area contributed by atoms with Gasteiger partial charge in [-0.3, -0.25) is 4.79 Å². The molecular formula is C15H25ClN4O2. The standard InChI is InChI=1S/C15H24N4O2.ClH/c1-2-12(20)19-10-6-3-7-11(19)13-17-14(18-21-13)15(16)8-4-5-9-15;/h11H,2-10,16H2,1H3;1H. The predicted octanol–water partition coefficient (Wildman–Crippen LogP) is 2.68. The van der Waals surface area contributed by atoms with Crippen LogP contribution in [0.4, 0.5) is 0 Å². The van der Waals surface area contributed by atoms with Gasteiger partial charge >= 0.3 is 0 Å². The molecular weight excluding hydrogens is 304 g/mol. The largest absolute Gasteiger partial charge is 0.337 e. The number of amides is 1. The number of piperidine rings is 1. The molecule has 2 fully saturated rings. The highest BCUT2D eigenvalue weighted by Gasteiger charge is 2.38. The highest BCUT2D eigenvalue weighted by molar-refractivity contribution is 5.85. The molecule has 22 heavy (non-hydrogen) atoms. The van der Waals surface area contributed by atoms with Crippen molar-refractivity contribution in [2.45, 2.75) is 69.9 Å². The molecule has 1 aromatic heterocycles. The molecule has 7 heteroatoms. The van der Waals surface area contributed by atoms with E-state index in [-0.39, 0.29) is 24.4 Å². The van der Waals surface area contributed by atoms with Crippen LogP contribution in [0.25, 0.3) is 0 Å². The van der Waals surface area contributed by atoms with Gasteiger partial charge in [0, 0.05) is 13.0 Å². The van der Waals surface area contributed by atoms with Crippen LogP contribution in [0.1, 0.15) is 76.0 Å². The van der Waals surface area contributed by atoms with Crippen LogP contribution in [0.3, 0.4) is 0 Å². The maximum Gasteiger partial charge on any atom is 0.249 e. The van der Waals surface area contributed by atoms with E-state index in [1.165, 1.54) is 0 Å². The van der Waals surface area contributed by atoms with Crippen molar-refractivity contribution in [3.63, 3.8) is 0 Å². The first kappa shape index (κ1) is 17.2. The summed E-state index contributed by atoms with van der Waals surface area (Å²) in [5.41, 5.74) is 5.94. The summed E-state index contributed by atoms with van der Waals surface area (Å²) < 4.78 is 5.47. The van der Waals surface area contributed by atoms with Crippen LogP contribution >= 0.6 is 12.4 Å². The Morgan fingerprint density at radius 3 is 2.77 bits per heavy atom. The number of rotatable bonds is 3. The number of carbonyl (C=O) groups excluding carboxylic acids is 1. The van der Waals surface area contributed by atoms with Crippen LogP contribution in [0.2, 0.25) is 0 Å². The summed E-state index contributed by atoms with van der Waals surface area (Å²) in [7, 11) is 0. The Hall–Kier alpha value is -1.14. The summed E-state index contributed by atoms with van der Waals surface area (Å²) in [5, 5.41) is 4.12. The van der Waals surface area contributed by atoms with E-state index in [9.17, 15) is 4.79 Å². The zero-order valence-electron chi connectivity index (χ0n) is 13.1. The van der Waals surface area contributed by atoms with Gasteiger partial charge in [-0.2, -0.15) is 4.98 Å². The second-order valence-electron chi connectivity index (χ2n) is 6.27. The smallest absolute Gasteiger partial charge is 0.249 e. The first-order chi connectivity index (χ1) is 10.1. The van der Waals surface area contributed by atoms with Gasteiger partial charge in [0.15, 0.2) is 5.82 Å². The number of nitrogens with zero attached hydrogens (tertiary/aromatic N) is 3. The molecule has 1 saturated carbocycles. The minimum Gasteiger partial charge on any atom is -0.337 e. The molecule has 2 N–H and O–H groups in total. The van der Waals surface area contributed by atoms with Crippen molar-refractivity contribution < 1.29 is 9.32 Å². The zero-order valence-corrected chi connectivity index (χ0v) is 13.9. The van der Waals surface area contributed by atoms with Crippen LogP contribution in [-0.4, -0.2) is 27.5 Å². The second-order valence-corrected chi connectivity index (χ2v) is 6.27. The van der Waals surface area contributed by atoms with Crippen molar-refractivity contribution >= 4 is 18.3 Å². The minimum atomic E-state index is -0.435. The molecule has 0 radical (unpaired) electrons. The van der Waals surface area contributed by atoms with Crippen LogP contribution in [0, 0.1) is 0 Å². The topological polar surface area (TPSA) is 85.2 Å². The maximum atomic E-state index is 12.1. The summed E-state index contributed by atoms with van der Waals surface area (Å²) in [4.78, 5) is 18.5. The van der Waals surface area contributed by atoms with Crippen molar-refractivity contribution in [3.05, 3.63) is 11.7 Å². The van der Waals surface area contributed by atoms with Crippen LogP contribution in [0.5, 0.6) is 0 Å². The van der Waals surface area contributed by atoms with Gasteiger partial charge in [0.1, 0.15) is 6.04 Å². The molecule has 1 aromatic rings. The van der Waals surface area contributed by atoms with E-state index in [4.69, 9.17) is 10.3 Å². The van der Waals surface area contributed by atoms with Crippen molar-refractivity contribution in [1.29, 1.82) is 0 Å². The molecule has 1 unspecified atom stereocenters. The molecule has 124 valence electrons. The van der Waals surface area contributed by atoms with Crippen molar-refractivity contribution in [2.75, 3.05) is 6.54 Å². The van der Waals surface area contributed by atoms with Crippen molar-refractivity contribution in [3.8, 4) is 0 Å². The Morgan fingerprint density at radius 2 is 2.09 bits per heavy atom. The third-order valence-corrected chi connectivity index (χ3v) is 4.79. The zero-order chi connectivity index (χ0) is 14.9. The maximum absolute atomic E-state index is 12.1. The van der Waals surface area contributed by atoms with E-state index in [1.54, 1.807) is 0 Å². The molecule has 6 nitrogen and oxygen atoms in total. The van der Waals surface area contributed by atoms with E-state index < -0.39 is 5.54 Å². The van der Waals surface area contributed by atoms with E-state index in [0.717, 1.165) is 51.5 Å². The molecule has 1 aliphatic carbocycles. The van der Waals surface area contributed by atoms with Gasteiger partial charge in [0.05, 0.1) is 5.54 Å². The number of carbonyl (C=O) groups is 1. The first-order valence-electron chi connectivity index (χ1n) is 8.06. The van der Waals surface area contributed by atoms with E-state index in [2.05, 4.69) is 10.1 Å². The minimum absolute atomic E-state index is 0. The van der Waals surface area contributed by atoms with E-state index >= 15 is 0 Å². The normalized spacial score (nSPS) is 24.1. The lowest BCUT2D eigenvalue weighted by molar-refractivity contribution is -0.135. The summed E-state index contributed by atoms with van der Waals surface area (Å²) in [5.74, 6) is 1.33. The second kappa shape index (κ2) is 6.96. The summed E-state index contributed by atoms with van der Waals surface area (Å²) >= 11 is 0. The van der Waals surface area contributed by atoms with Gasteiger partial charge in [0.25, 0.3) is 0 Å². The Bertz CT molecular complexity index is 513. The lowest BCUT2D eigenvalue weighted by Crippen LogP contribution is -2.38. The molecule has 1 aliphatic heterocycles. The fourth-order valence-corrected chi connectivity index (χ4v) is 3.49. The third-order valence-electron chi connectivity index (χ3n) is 4.79. The van der Waals surface area contributed by atoms with E-state index in [0.29, 0.717) is 18.1 Å². The van der Waals surface area contributed by atoms with Crippen LogP contribution < -0.4 is 5.73 Å². The average Bonchev–Trinajstić information content (AvgIpc) is 3.16. The Kier molecular flexibility index (Phi) is 5.45. The monoisotopic (exact) mass is 328 g/mol. The number of likely N-dealkylation sites (tertiary alicyclic amines) is 1. The molecule has 3 rings (SSSR count). The number of halogens is 1. The average molecular weight is 329 g/mol. The van der Waals surface area contributed by atoms with E-state index in [1.807, 2.05) is 11.8 Å². The third kappa shape index (κ3) is 3.13. The number of aromatic nitrogens is 2. The first-order valence-corrected chi connectivity index (χ1v) is 8.06. The number of nitrogens with two attached hydrogens (primary N) is 1. The molecule has 2 aliphatic rings. The Balaban J connectivity index is 0.00000176. The van der Waals surface area contributed by atoms with Gasteiger partial charge in [-0.25, -0.2) is 0 Å². The van der Waals surface area contributed by atoms with Gasteiger partial charge in [-0.15, -0.1) is 12.4 Å². The van der Waals surface area contributed by atoms with Gasteiger partial charge < -0.3 is 15.2 Å². The van der Waals surface area contributed by atoms with Crippen LogP contribution in [-0.2, 0) is 10.3 Å². The van der Waals surface area contributed by atoms with Gasteiger partial charge in [-0.1, -0.05) is 24.9 Å². The quantitative estimate of drug-likeness (QED) is 0.922. The molecule has 1 saturated heterocycles. The number of hydrogen-bond donors (Lipinski definition) is 1. The summed E-state index contributed by atoms with van der Waals surface area (Å²) in [6, 6.07) is -0.0718. The predicted molar refractivity (Wildman–Crippen MR) is 84.5 cm³/mol. The highest BCUT2D eigenvalue weighted by atomic mass is 35.5. The fraction of sp³-hybridized carbons (Fsp3) is 0.800. The molecule has 0 spiro atoms. The van der Waals surface area contributed by atoms with Gasteiger partial charge in [0.2, 0.25) is 11.8 Å². The Labute approximate surface area is 137 Å². The molecule has 0 aromatic carbocycles. The van der Waals surface area contributed by atoms with Crippen molar-refractivity contribution in [2.24, 2.45) is 5.73 Å². The SMILES string of the molecule is CCC(=O)N1CCCCC1c1nc(C2(N)CCCC2)no1.Cl. The molecule has 1 atom stereocenters. The lowest BCUT2D eigenvalue weighted by atomic mass is 9.98. The summed E-state index contributed by atoms with van der Waals surface area (Å²) in [6.07, 6.45) is 7.59. The molecule has 2 heterocycles. The number of hydrogen-bond acceptors (Lipinski definition) is 5. The van der Waals surface area contributed by atoms with Crippen molar-refractivity contribution in [1.82, 2.24) is 15.0 Å². The lowest BCUT2D eigenvalue weighted by Gasteiger charge is -2.33. The Morgan fingerprint density at radius 1 is 1.36 bits per heavy atom. The summed E-state index contributed by atoms with van der Waals surface area (Å²) in [6.45, 7) is 2.67. The molecule has 1 amide bonds.